The summed E-state index contributed by atoms with van der Waals surface area (Å²) in [6, 6.07) is 4.74. The molecular formula is C17H23NO5. The third-order valence-corrected chi connectivity index (χ3v) is 4.09. The summed E-state index contributed by atoms with van der Waals surface area (Å²) >= 11 is 0. The molecule has 0 spiro atoms. The number of aromatic carboxylic acids is 1. The van der Waals surface area contributed by atoms with Gasteiger partial charge in [-0.05, 0) is 43.4 Å². The largest absolute Gasteiger partial charge is 0.496 e. The van der Waals surface area contributed by atoms with Gasteiger partial charge in [0.25, 0.3) is 0 Å². The van der Waals surface area contributed by atoms with Crippen molar-refractivity contribution in [1.82, 2.24) is 5.32 Å². The molecule has 23 heavy (non-hydrogen) atoms. The number of carbonyl (C=O) groups is 2. The van der Waals surface area contributed by atoms with Crippen molar-refractivity contribution in [2.45, 2.75) is 38.9 Å². The van der Waals surface area contributed by atoms with E-state index in [4.69, 9.17) is 14.6 Å². The zero-order valence-corrected chi connectivity index (χ0v) is 13.7. The van der Waals surface area contributed by atoms with Crippen molar-refractivity contribution in [3.63, 3.8) is 0 Å². The highest BCUT2D eigenvalue weighted by Crippen LogP contribution is 2.26. The van der Waals surface area contributed by atoms with Gasteiger partial charge >= 0.3 is 5.97 Å². The quantitative estimate of drug-likeness (QED) is 0.835. The Morgan fingerprint density at radius 1 is 1.39 bits per heavy atom. The minimum Gasteiger partial charge on any atom is -0.496 e. The standard InChI is InChI=1S/C17H23NO5/c1-10-8-11(2)23-15(10)16(19)18-7-6-12-4-5-13(17(20)21)9-14(12)22-3/h4-5,9-11,15H,6-8H2,1-3H3,(H,18,19)(H,20,21). The second kappa shape index (κ2) is 7.46. The van der Waals surface area contributed by atoms with Crippen LogP contribution in [0.4, 0.5) is 0 Å². The number of ether oxygens (including phenoxy) is 2. The van der Waals surface area contributed by atoms with E-state index in [-0.39, 0.29) is 29.6 Å². The molecule has 3 atom stereocenters. The van der Waals surface area contributed by atoms with Crippen LogP contribution in [0.5, 0.6) is 5.75 Å². The van der Waals surface area contributed by atoms with Crippen LogP contribution in [0.2, 0.25) is 0 Å². The number of methoxy groups -OCH3 is 1. The van der Waals surface area contributed by atoms with Crippen LogP contribution in [0.3, 0.4) is 0 Å². The molecule has 1 heterocycles. The fourth-order valence-electron chi connectivity index (χ4n) is 2.91. The summed E-state index contributed by atoms with van der Waals surface area (Å²) < 4.78 is 10.8. The van der Waals surface area contributed by atoms with Gasteiger partial charge in [0.05, 0.1) is 18.8 Å². The first-order chi connectivity index (χ1) is 10.9. The molecule has 0 saturated carbocycles. The molecule has 1 amide bonds. The average Bonchev–Trinajstić information content (AvgIpc) is 2.85. The summed E-state index contributed by atoms with van der Waals surface area (Å²) in [7, 11) is 1.50. The van der Waals surface area contributed by atoms with Gasteiger partial charge in [-0.1, -0.05) is 13.0 Å². The number of hydrogen-bond donors (Lipinski definition) is 2. The predicted octanol–water partition coefficient (Wildman–Crippen LogP) is 1.87. The Labute approximate surface area is 135 Å². The van der Waals surface area contributed by atoms with Crippen LogP contribution in [0.25, 0.3) is 0 Å². The van der Waals surface area contributed by atoms with Crippen molar-refractivity contribution in [2.24, 2.45) is 5.92 Å². The number of carboxylic acids is 1. The predicted molar refractivity (Wildman–Crippen MR) is 84.8 cm³/mol. The van der Waals surface area contributed by atoms with Crippen molar-refractivity contribution >= 4 is 11.9 Å². The molecule has 0 aliphatic carbocycles. The molecule has 0 aromatic heterocycles. The van der Waals surface area contributed by atoms with Gasteiger partial charge in [0.2, 0.25) is 5.91 Å². The number of hydrogen-bond acceptors (Lipinski definition) is 4. The molecular weight excluding hydrogens is 298 g/mol. The van der Waals surface area contributed by atoms with E-state index in [1.807, 2.05) is 13.8 Å². The molecule has 6 heteroatoms. The first-order valence-electron chi connectivity index (χ1n) is 7.75. The lowest BCUT2D eigenvalue weighted by atomic mass is 10.0. The van der Waals surface area contributed by atoms with E-state index in [2.05, 4.69) is 5.32 Å². The minimum atomic E-state index is -0.996. The number of carboxylic acid groups (broad SMARTS) is 1. The van der Waals surface area contributed by atoms with Crippen molar-refractivity contribution in [2.75, 3.05) is 13.7 Å². The molecule has 2 N–H and O–H groups in total. The number of rotatable bonds is 6. The maximum absolute atomic E-state index is 12.1. The van der Waals surface area contributed by atoms with Gasteiger partial charge in [-0.2, -0.15) is 0 Å². The lowest BCUT2D eigenvalue weighted by Crippen LogP contribution is -2.38. The summed E-state index contributed by atoms with van der Waals surface area (Å²) in [6.45, 7) is 4.43. The molecule has 1 aliphatic rings. The van der Waals surface area contributed by atoms with Crippen molar-refractivity contribution in [3.05, 3.63) is 29.3 Å². The Balaban J connectivity index is 1.91. The van der Waals surface area contributed by atoms with Gasteiger partial charge < -0.3 is 19.9 Å². The van der Waals surface area contributed by atoms with Crippen molar-refractivity contribution in [3.8, 4) is 5.75 Å². The van der Waals surface area contributed by atoms with Crippen LogP contribution < -0.4 is 10.1 Å². The highest BCUT2D eigenvalue weighted by molar-refractivity contribution is 5.88. The normalized spacial score (nSPS) is 23.5. The summed E-state index contributed by atoms with van der Waals surface area (Å²) in [4.78, 5) is 23.1. The monoisotopic (exact) mass is 321 g/mol. The first-order valence-corrected chi connectivity index (χ1v) is 7.75. The van der Waals surface area contributed by atoms with E-state index in [0.717, 1.165) is 12.0 Å². The second-order valence-corrected chi connectivity index (χ2v) is 5.95. The molecule has 0 radical (unpaired) electrons. The topological polar surface area (TPSA) is 84.9 Å². The van der Waals surface area contributed by atoms with E-state index in [0.29, 0.717) is 18.7 Å². The summed E-state index contributed by atoms with van der Waals surface area (Å²) in [5.41, 5.74) is 1.03. The van der Waals surface area contributed by atoms with Crippen molar-refractivity contribution in [1.29, 1.82) is 0 Å². The average molecular weight is 321 g/mol. The molecule has 2 rings (SSSR count). The number of amides is 1. The zero-order chi connectivity index (χ0) is 17.0. The van der Waals surface area contributed by atoms with Crippen LogP contribution in [0.15, 0.2) is 18.2 Å². The Kier molecular flexibility index (Phi) is 5.60. The summed E-state index contributed by atoms with van der Waals surface area (Å²) in [5, 5.41) is 11.9. The molecule has 3 unspecified atom stereocenters. The number of carbonyl (C=O) groups excluding carboxylic acids is 1. The third kappa shape index (κ3) is 4.22. The minimum absolute atomic E-state index is 0.0945. The van der Waals surface area contributed by atoms with E-state index in [9.17, 15) is 9.59 Å². The first kappa shape index (κ1) is 17.3. The molecule has 1 saturated heterocycles. The molecule has 1 aromatic rings. The van der Waals surface area contributed by atoms with Crippen LogP contribution in [-0.4, -0.2) is 42.8 Å². The highest BCUT2D eigenvalue weighted by atomic mass is 16.5. The Morgan fingerprint density at radius 3 is 2.70 bits per heavy atom. The zero-order valence-electron chi connectivity index (χ0n) is 13.7. The summed E-state index contributed by atoms with van der Waals surface area (Å²) in [5.74, 6) is -0.361. The smallest absolute Gasteiger partial charge is 0.335 e. The van der Waals surface area contributed by atoms with Gasteiger partial charge in [-0.25, -0.2) is 4.79 Å². The summed E-state index contributed by atoms with van der Waals surface area (Å²) in [6.07, 6.45) is 1.18. The van der Waals surface area contributed by atoms with Gasteiger partial charge in [0.15, 0.2) is 0 Å². The van der Waals surface area contributed by atoms with Gasteiger partial charge in [-0.3, -0.25) is 4.79 Å². The maximum atomic E-state index is 12.1. The third-order valence-electron chi connectivity index (χ3n) is 4.09. The lowest BCUT2D eigenvalue weighted by molar-refractivity contribution is -0.133. The maximum Gasteiger partial charge on any atom is 0.335 e. The molecule has 1 aliphatic heterocycles. The van der Waals surface area contributed by atoms with E-state index in [1.165, 1.54) is 19.2 Å². The van der Waals surface area contributed by atoms with Crippen molar-refractivity contribution < 1.29 is 24.2 Å². The van der Waals surface area contributed by atoms with Crippen LogP contribution in [0.1, 0.15) is 36.2 Å². The molecule has 1 aromatic carbocycles. The molecule has 0 bridgehead atoms. The number of nitrogens with one attached hydrogen (secondary N) is 1. The molecule has 1 fully saturated rings. The fourth-order valence-corrected chi connectivity index (χ4v) is 2.91. The van der Waals surface area contributed by atoms with Gasteiger partial charge in [0, 0.05) is 6.54 Å². The van der Waals surface area contributed by atoms with E-state index >= 15 is 0 Å². The van der Waals surface area contributed by atoms with Crippen LogP contribution in [-0.2, 0) is 16.0 Å². The highest BCUT2D eigenvalue weighted by Gasteiger charge is 2.34. The number of benzene rings is 1. The Hall–Kier alpha value is -2.08. The molecule has 6 nitrogen and oxygen atoms in total. The van der Waals surface area contributed by atoms with Gasteiger partial charge in [-0.15, -0.1) is 0 Å². The lowest BCUT2D eigenvalue weighted by Gasteiger charge is -2.15. The fraction of sp³-hybridized carbons (Fsp3) is 0.529. The SMILES string of the molecule is COc1cc(C(=O)O)ccc1CCNC(=O)C1OC(C)CC1C. The second-order valence-electron chi connectivity index (χ2n) is 5.95. The molecule has 126 valence electrons. The van der Waals surface area contributed by atoms with E-state index < -0.39 is 5.97 Å². The van der Waals surface area contributed by atoms with Crippen LogP contribution in [0, 0.1) is 5.92 Å². The Bertz CT molecular complexity index is 586. The van der Waals surface area contributed by atoms with Gasteiger partial charge in [0.1, 0.15) is 11.9 Å². The Morgan fingerprint density at radius 2 is 2.13 bits per heavy atom. The van der Waals surface area contributed by atoms with Crippen LogP contribution >= 0.6 is 0 Å². The van der Waals surface area contributed by atoms with E-state index in [1.54, 1.807) is 6.07 Å².